The Hall–Kier alpha value is -1.57. The summed E-state index contributed by atoms with van der Waals surface area (Å²) in [5.41, 5.74) is 6.75. The number of nitrogens with one attached hydrogen (secondary N) is 1. The van der Waals surface area contributed by atoms with E-state index in [2.05, 4.69) is 15.3 Å². The first-order valence-electron chi connectivity index (χ1n) is 8.57. The van der Waals surface area contributed by atoms with E-state index >= 15 is 0 Å². The molecule has 1 aliphatic heterocycles. The number of nitrogens with two attached hydrogens (primary N) is 1. The van der Waals surface area contributed by atoms with Gasteiger partial charge in [0.2, 0.25) is 5.95 Å². The van der Waals surface area contributed by atoms with E-state index in [0.29, 0.717) is 31.1 Å². The highest BCUT2D eigenvalue weighted by atomic mass is 19.4. The van der Waals surface area contributed by atoms with Crippen molar-refractivity contribution in [1.29, 1.82) is 0 Å². The SMILES string of the molecule is NC1CCC(Nc2cnc(N3CCC(C(F)(F)F)CC3)nc2)CC1. The van der Waals surface area contributed by atoms with Crippen molar-refractivity contribution < 1.29 is 13.2 Å². The first-order valence-corrected chi connectivity index (χ1v) is 8.57. The summed E-state index contributed by atoms with van der Waals surface area (Å²) in [7, 11) is 0. The zero-order chi connectivity index (χ0) is 17.2. The molecule has 0 bridgehead atoms. The third-order valence-electron chi connectivity index (χ3n) is 5.02. The second kappa shape index (κ2) is 7.13. The molecule has 8 heteroatoms. The zero-order valence-electron chi connectivity index (χ0n) is 13.6. The highest BCUT2D eigenvalue weighted by Gasteiger charge is 2.41. The highest BCUT2D eigenvalue weighted by Crippen LogP contribution is 2.34. The summed E-state index contributed by atoms with van der Waals surface area (Å²) in [6.45, 7) is 0.689. The molecular formula is C16H24F3N5. The Balaban J connectivity index is 1.52. The number of anilines is 2. The molecular weight excluding hydrogens is 319 g/mol. The van der Waals surface area contributed by atoms with Crippen LogP contribution in [-0.4, -0.2) is 41.3 Å². The van der Waals surface area contributed by atoms with E-state index in [9.17, 15) is 13.2 Å². The Kier molecular flexibility index (Phi) is 5.12. The van der Waals surface area contributed by atoms with Crippen LogP contribution in [0, 0.1) is 5.92 Å². The Morgan fingerprint density at radius 1 is 1.00 bits per heavy atom. The molecule has 1 aliphatic carbocycles. The molecule has 0 unspecified atom stereocenters. The van der Waals surface area contributed by atoms with E-state index in [-0.39, 0.29) is 12.8 Å². The summed E-state index contributed by atoms with van der Waals surface area (Å²) in [5.74, 6) is -0.695. The number of hydrogen-bond acceptors (Lipinski definition) is 5. The van der Waals surface area contributed by atoms with E-state index in [1.165, 1.54) is 0 Å². The smallest absolute Gasteiger partial charge is 0.380 e. The average molecular weight is 343 g/mol. The second-order valence-corrected chi connectivity index (χ2v) is 6.83. The maximum Gasteiger partial charge on any atom is 0.391 e. The molecule has 1 aromatic rings. The van der Waals surface area contributed by atoms with Gasteiger partial charge in [0.15, 0.2) is 0 Å². The second-order valence-electron chi connectivity index (χ2n) is 6.83. The van der Waals surface area contributed by atoms with E-state index in [1.54, 1.807) is 12.4 Å². The normalized spacial score (nSPS) is 26.4. The fourth-order valence-electron chi connectivity index (χ4n) is 3.47. The van der Waals surface area contributed by atoms with Gasteiger partial charge in [-0.15, -0.1) is 0 Å². The molecule has 2 heterocycles. The predicted molar refractivity (Wildman–Crippen MR) is 86.9 cm³/mol. The molecule has 3 N–H and O–H groups in total. The van der Waals surface area contributed by atoms with Crippen molar-refractivity contribution in [3.8, 4) is 0 Å². The van der Waals surface area contributed by atoms with Gasteiger partial charge in [0.05, 0.1) is 24.0 Å². The largest absolute Gasteiger partial charge is 0.391 e. The average Bonchev–Trinajstić information content (AvgIpc) is 2.57. The molecule has 0 aromatic carbocycles. The molecule has 3 rings (SSSR count). The van der Waals surface area contributed by atoms with Crippen LogP contribution in [-0.2, 0) is 0 Å². The summed E-state index contributed by atoms with van der Waals surface area (Å²) >= 11 is 0. The van der Waals surface area contributed by atoms with Gasteiger partial charge in [-0.05, 0) is 38.5 Å². The lowest BCUT2D eigenvalue weighted by molar-refractivity contribution is -0.179. The number of halogens is 3. The zero-order valence-corrected chi connectivity index (χ0v) is 13.6. The first kappa shape index (κ1) is 17.3. The third kappa shape index (κ3) is 4.28. The number of piperidine rings is 1. The van der Waals surface area contributed by atoms with Crippen LogP contribution < -0.4 is 16.0 Å². The predicted octanol–water partition coefficient (Wildman–Crippen LogP) is 2.94. The lowest BCUT2D eigenvalue weighted by Gasteiger charge is -2.33. The maximum absolute atomic E-state index is 12.7. The fraction of sp³-hybridized carbons (Fsp3) is 0.750. The number of hydrogen-bond donors (Lipinski definition) is 2. The first-order chi connectivity index (χ1) is 11.4. The number of nitrogens with zero attached hydrogens (tertiary/aromatic N) is 3. The molecule has 2 aliphatic rings. The fourth-order valence-corrected chi connectivity index (χ4v) is 3.47. The van der Waals surface area contributed by atoms with Crippen LogP contribution in [0.1, 0.15) is 38.5 Å². The van der Waals surface area contributed by atoms with Crippen LogP contribution in [0.5, 0.6) is 0 Å². The standard InChI is InChI=1S/C16H24F3N5/c17-16(18,19)11-5-7-24(8-6-11)15-21-9-14(10-22-15)23-13-3-1-12(20)2-4-13/h9-13,23H,1-8,20H2. The Morgan fingerprint density at radius 3 is 2.12 bits per heavy atom. The van der Waals surface area contributed by atoms with Crippen LogP contribution in [0.25, 0.3) is 0 Å². The Labute approximate surface area is 139 Å². The molecule has 2 fully saturated rings. The minimum Gasteiger partial charge on any atom is -0.380 e. The summed E-state index contributed by atoms with van der Waals surface area (Å²) < 4.78 is 38.1. The van der Waals surface area contributed by atoms with Gasteiger partial charge < -0.3 is 16.0 Å². The maximum atomic E-state index is 12.7. The monoisotopic (exact) mass is 343 g/mol. The molecule has 0 amide bonds. The van der Waals surface area contributed by atoms with E-state index in [0.717, 1.165) is 31.4 Å². The molecule has 1 saturated carbocycles. The molecule has 134 valence electrons. The molecule has 0 spiro atoms. The van der Waals surface area contributed by atoms with Gasteiger partial charge in [0, 0.05) is 25.2 Å². The van der Waals surface area contributed by atoms with Gasteiger partial charge >= 0.3 is 6.18 Å². The van der Waals surface area contributed by atoms with Crippen molar-refractivity contribution in [3.63, 3.8) is 0 Å². The van der Waals surface area contributed by atoms with E-state index in [1.807, 2.05) is 4.90 Å². The van der Waals surface area contributed by atoms with Crippen molar-refractivity contribution in [2.24, 2.45) is 11.7 Å². The van der Waals surface area contributed by atoms with E-state index in [4.69, 9.17) is 5.73 Å². The number of rotatable bonds is 3. The van der Waals surface area contributed by atoms with Crippen molar-refractivity contribution in [2.75, 3.05) is 23.3 Å². The molecule has 1 aromatic heterocycles. The van der Waals surface area contributed by atoms with Crippen molar-refractivity contribution in [3.05, 3.63) is 12.4 Å². The summed E-state index contributed by atoms with van der Waals surface area (Å²) in [5, 5.41) is 3.41. The van der Waals surface area contributed by atoms with Gasteiger partial charge in [-0.1, -0.05) is 0 Å². The lowest BCUT2D eigenvalue weighted by atomic mass is 9.92. The minimum absolute atomic E-state index is 0.106. The van der Waals surface area contributed by atoms with Crippen molar-refractivity contribution in [2.45, 2.75) is 56.8 Å². The molecule has 1 saturated heterocycles. The summed E-state index contributed by atoms with van der Waals surface area (Å²) in [6, 6.07) is 0.697. The number of alkyl halides is 3. The Bertz CT molecular complexity index is 518. The van der Waals surface area contributed by atoms with Crippen LogP contribution in [0.2, 0.25) is 0 Å². The minimum atomic E-state index is -4.09. The number of aromatic nitrogens is 2. The molecule has 0 radical (unpaired) electrons. The lowest BCUT2D eigenvalue weighted by Crippen LogP contribution is -2.39. The van der Waals surface area contributed by atoms with Crippen molar-refractivity contribution in [1.82, 2.24) is 9.97 Å². The van der Waals surface area contributed by atoms with Crippen molar-refractivity contribution >= 4 is 11.6 Å². The Morgan fingerprint density at radius 2 is 1.58 bits per heavy atom. The highest BCUT2D eigenvalue weighted by molar-refractivity contribution is 5.43. The topological polar surface area (TPSA) is 67.1 Å². The molecule has 0 atom stereocenters. The van der Waals surface area contributed by atoms with Gasteiger partial charge in [-0.2, -0.15) is 13.2 Å². The van der Waals surface area contributed by atoms with Gasteiger partial charge in [0.1, 0.15) is 0 Å². The van der Waals surface area contributed by atoms with Crippen LogP contribution in [0.15, 0.2) is 12.4 Å². The van der Waals surface area contributed by atoms with Gasteiger partial charge in [-0.25, -0.2) is 9.97 Å². The van der Waals surface area contributed by atoms with Gasteiger partial charge in [0.25, 0.3) is 0 Å². The van der Waals surface area contributed by atoms with Crippen LogP contribution in [0.3, 0.4) is 0 Å². The van der Waals surface area contributed by atoms with Crippen LogP contribution >= 0.6 is 0 Å². The summed E-state index contributed by atoms with van der Waals surface area (Å²) in [4.78, 5) is 10.5. The van der Waals surface area contributed by atoms with Crippen LogP contribution in [0.4, 0.5) is 24.8 Å². The molecule has 5 nitrogen and oxygen atoms in total. The quantitative estimate of drug-likeness (QED) is 0.883. The third-order valence-corrected chi connectivity index (χ3v) is 5.02. The van der Waals surface area contributed by atoms with E-state index < -0.39 is 12.1 Å². The molecule has 24 heavy (non-hydrogen) atoms. The van der Waals surface area contributed by atoms with Gasteiger partial charge in [-0.3, -0.25) is 0 Å². The summed E-state index contributed by atoms with van der Waals surface area (Å²) in [6.07, 6.45) is 3.66.